The molecular formula is C34H33F. The molecule has 0 saturated carbocycles. The van der Waals surface area contributed by atoms with E-state index in [4.69, 9.17) is 0 Å². The minimum atomic E-state index is -0.204. The molecule has 4 aromatic carbocycles. The van der Waals surface area contributed by atoms with E-state index in [0.717, 1.165) is 36.0 Å². The molecule has 0 spiro atoms. The van der Waals surface area contributed by atoms with E-state index >= 15 is 0 Å². The van der Waals surface area contributed by atoms with Crippen molar-refractivity contribution in [1.82, 2.24) is 0 Å². The van der Waals surface area contributed by atoms with Gasteiger partial charge in [0.15, 0.2) is 0 Å². The van der Waals surface area contributed by atoms with Gasteiger partial charge in [-0.05, 0) is 71.6 Å². The summed E-state index contributed by atoms with van der Waals surface area (Å²) in [6, 6.07) is 33.1. The van der Waals surface area contributed by atoms with Crippen LogP contribution in [0.5, 0.6) is 0 Å². The van der Waals surface area contributed by atoms with E-state index in [1.807, 2.05) is 31.2 Å². The second-order valence-electron chi connectivity index (χ2n) is 9.13. The Kier molecular flexibility index (Phi) is 8.46. The van der Waals surface area contributed by atoms with Crippen LogP contribution in [0.2, 0.25) is 0 Å². The highest BCUT2D eigenvalue weighted by Crippen LogP contribution is 2.25. The molecule has 0 heterocycles. The van der Waals surface area contributed by atoms with E-state index in [9.17, 15) is 4.39 Å². The van der Waals surface area contributed by atoms with Crippen molar-refractivity contribution in [3.8, 4) is 11.1 Å². The molecule has 0 fully saturated rings. The number of aryl methyl sites for hydroxylation is 1. The molecule has 0 saturated heterocycles. The number of hydrogen-bond donors (Lipinski definition) is 0. The predicted molar refractivity (Wildman–Crippen MR) is 149 cm³/mol. The molecule has 0 amide bonds. The third-order valence-corrected chi connectivity index (χ3v) is 6.47. The molecular weight excluding hydrogens is 427 g/mol. The fourth-order valence-electron chi connectivity index (χ4n) is 4.33. The minimum Gasteiger partial charge on any atom is -0.206 e. The molecule has 4 aromatic rings. The van der Waals surface area contributed by atoms with Crippen LogP contribution in [0.15, 0.2) is 109 Å². The first kappa shape index (κ1) is 24.4. The van der Waals surface area contributed by atoms with Gasteiger partial charge in [0.25, 0.3) is 0 Å². The lowest BCUT2D eigenvalue weighted by molar-refractivity contribution is 0.625. The first-order valence-corrected chi connectivity index (χ1v) is 12.4. The van der Waals surface area contributed by atoms with Crippen molar-refractivity contribution in [3.63, 3.8) is 0 Å². The van der Waals surface area contributed by atoms with Crippen molar-refractivity contribution < 1.29 is 4.39 Å². The number of hydrogen-bond acceptors (Lipinski definition) is 0. The second-order valence-corrected chi connectivity index (χ2v) is 9.13. The van der Waals surface area contributed by atoms with Crippen LogP contribution in [0.1, 0.15) is 54.0 Å². The van der Waals surface area contributed by atoms with Gasteiger partial charge in [-0.3, -0.25) is 0 Å². The Balaban J connectivity index is 1.38. The van der Waals surface area contributed by atoms with Crippen molar-refractivity contribution >= 4 is 12.2 Å². The van der Waals surface area contributed by atoms with E-state index in [1.54, 1.807) is 6.07 Å². The summed E-state index contributed by atoms with van der Waals surface area (Å²) in [6.45, 7) is 4.30. The number of benzene rings is 4. The topological polar surface area (TPSA) is 0 Å². The molecule has 0 aliphatic rings. The lowest BCUT2D eigenvalue weighted by atomic mass is 9.93. The van der Waals surface area contributed by atoms with E-state index in [1.165, 1.54) is 16.7 Å². The van der Waals surface area contributed by atoms with Gasteiger partial charge in [0.05, 0.1) is 0 Å². The van der Waals surface area contributed by atoms with Crippen molar-refractivity contribution in [3.05, 3.63) is 143 Å². The molecule has 0 aromatic heterocycles. The highest BCUT2D eigenvalue weighted by molar-refractivity contribution is 5.72. The second kappa shape index (κ2) is 12.1. The zero-order valence-electron chi connectivity index (χ0n) is 20.6. The summed E-state index contributed by atoms with van der Waals surface area (Å²) in [7, 11) is 0. The maximum atomic E-state index is 14.8. The maximum Gasteiger partial charge on any atom is 0.131 e. The largest absolute Gasteiger partial charge is 0.206 e. The summed E-state index contributed by atoms with van der Waals surface area (Å²) in [4.78, 5) is 0. The first-order chi connectivity index (χ1) is 17.1. The summed E-state index contributed by atoms with van der Waals surface area (Å²) < 4.78 is 14.8. The van der Waals surface area contributed by atoms with Crippen molar-refractivity contribution in [2.75, 3.05) is 0 Å². The van der Waals surface area contributed by atoms with E-state index in [-0.39, 0.29) is 5.82 Å². The van der Waals surface area contributed by atoms with Gasteiger partial charge in [0.1, 0.15) is 5.82 Å². The van der Waals surface area contributed by atoms with Crippen molar-refractivity contribution in [2.45, 2.75) is 39.0 Å². The quantitative estimate of drug-likeness (QED) is 0.172. The summed E-state index contributed by atoms with van der Waals surface area (Å²) in [6.07, 6.45) is 11.1. The fourth-order valence-corrected chi connectivity index (χ4v) is 4.33. The average Bonchev–Trinajstić information content (AvgIpc) is 2.90. The number of allylic oxidation sites excluding steroid dienone is 2. The van der Waals surface area contributed by atoms with Gasteiger partial charge in [0.2, 0.25) is 0 Å². The van der Waals surface area contributed by atoms with Crippen molar-refractivity contribution in [1.29, 1.82) is 0 Å². The van der Waals surface area contributed by atoms with Crippen LogP contribution in [-0.2, 0) is 12.8 Å². The summed E-state index contributed by atoms with van der Waals surface area (Å²) in [5.41, 5.74) is 7.56. The number of halogens is 1. The first-order valence-electron chi connectivity index (χ1n) is 12.4. The predicted octanol–water partition coefficient (Wildman–Crippen LogP) is 9.52. The molecule has 4 rings (SSSR count). The number of rotatable bonds is 9. The van der Waals surface area contributed by atoms with Gasteiger partial charge < -0.3 is 0 Å². The van der Waals surface area contributed by atoms with Gasteiger partial charge in [-0.1, -0.05) is 122 Å². The summed E-state index contributed by atoms with van der Waals surface area (Å²) in [5.74, 6) is 0.267. The van der Waals surface area contributed by atoms with Crippen LogP contribution in [0, 0.1) is 5.82 Å². The Morgan fingerprint density at radius 2 is 1.43 bits per heavy atom. The normalized spacial score (nSPS) is 12.4. The molecule has 1 unspecified atom stereocenters. The summed E-state index contributed by atoms with van der Waals surface area (Å²) >= 11 is 0. The fraction of sp³-hybridized carbons (Fsp3) is 0.176. The maximum absolute atomic E-state index is 14.8. The third-order valence-electron chi connectivity index (χ3n) is 6.47. The molecule has 1 atom stereocenters. The van der Waals surface area contributed by atoms with Crippen LogP contribution >= 0.6 is 0 Å². The van der Waals surface area contributed by atoms with Crippen LogP contribution in [0.25, 0.3) is 23.3 Å². The average molecular weight is 461 g/mol. The Bertz CT molecular complexity index is 1260. The standard InChI is InChI=1S/C34H33F/c1-3-4-6-9-27-16-19-31(20-17-27)33-23-22-32(34(35)25-33)21-18-28-12-14-29(15-13-28)24-26(2)30-10-7-5-8-11-30/h3-5,7-8,10-23,25-26H,6,9,24H2,1-2H3/b4-3+,21-18+. The van der Waals surface area contributed by atoms with Gasteiger partial charge in [-0.15, -0.1) is 0 Å². The van der Waals surface area contributed by atoms with Crippen LogP contribution in [0.4, 0.5) is 4.39 Å². The molecule has 0 nitrogen and oxygen atoms in total. The zero-order valence-corrected chi connectivity index (χ0v) is 20.6. The lowest BCUT2D eigenvalue weighted by Gasteiger charge is -2.12. The Labute approximate surface area is 209 Å². The highest BCUT2D eigenvalue weighted by Gasteiger charge is 2.07. The van der Waals surface area contributed by atoms with Gasteiger partial charge in [0, 0.05) is 5.56 Å². The molecule has 176 valence electrons. The van der Waals surface area contributed by atoms with Crippen LogP contribution in [0.3, 0.4) is 0 Å². The summed E-state index contributed by atoms with van der Waals surface area (Å²) in [5, 5.41) is 0. The van der Waals surface area contributed by atoms with Gasteiger partial charge >= 0.3 is 0 Å². The SMILES string of the molecule is C/C=C/CCc1ccc(-c2ccc(/C=C/c3ccc(CC(C)c4ccccc4)cc3)c(F)c2)cc1. The van der Waals surface area contributed by atoms with E-state index in [2.05, 4.69) is 97.9 Å². The van der Waals surface area contributed by atoms with E-state index < -0.39 is 0 Å². The Hall–Kier alpha value is -3.71. The van der Waals surface area contributed by atoms with Crippen LogP contribution in [-0.4, -0.2) is 0 Å². The monoisotopic (exact) mass is 460 g/mol. The molecule has 0 bridgehead atoms. The molecule has 35 heavy (non-hydrogen) atoms. The van der Waals surface area contributed by atoms with Gasteiger partial charge in [-0.2, -0.15) is 0 Å². The molecule has 0 radical (unpaired) electrons. The zero-order chi connectivity index (χ0) is 24.5. The van der Waals surface area contributed by atoms with Crippen molar-refractivity contribution in [2.24, 2.45) is 0 Å². The van der Waals surface area contributed by atoms with E-state index in [0.29, 0.717) is 11.5 Å². The van der Waals surface area contributed by atoms with Gasteiger partial charge in [-0.25, -0.2) is 4.39 Å². The lowest BCUT2D eigenvalue weighted by Crippen LogP contribution is -1.98. The minimum absolute atomic E-state index is 0.204. The van der Waals surface area contributed by atoms with Crippen LogP contribution < -0.4 is 0 Å². The third kappa shape index (κ3) is 6.90. The Morgan fingerprint density at radius 1 is 0.743 bits per heavy atom. The Morgan fingerprint density at radius 3 is 2.11 bits per heavy atom. The molecule has 0 aliphatic carbocycles. The molecule has 0 aliphatic heterocycles. The highest BCUT2D eigenvalue weighted by atomic mass is 19.1. The molecule has 0 N–H and O–H groups in total. The smallest absolute Gasteiger partial charge is 0.131 e. The molecule has 1 heteroatoms.